The number of fused-ring (bicyclic) bond motifs is 1. The first-order chi connectivity index (χ1) is 7.25. The van der Waals surface area contributed by atoms with E-state index in [1.54, 1.807) is 6.26 Å². The first kappa shape index (κ1) is 9.35. The molecule has 1 atom stereocenters. The summed E-state index contributed by atoms with van der Waals surface area (Å²) in [6.45, 7) is 2.54. The Kier molecular flexibility index (Phi) is 2.07. The van der Waals surface area contributed by atoms with Crippen molar-refractivity contribution in [2.45, 2.75) is 12.8 Å². The molecule has 3 heterocycles. The van der Waals surface area contributed by atoms with E-state index in [1.165, 1.54) is 11.5 Å². The highest BCUT2D eigenvalue weighted by atomic mass is 79.9. The molecule has 6 heteroatoms. The van der Waals surface area contributed by atoms with Crippen LogP contribution in [0.15, 0.2) is 15.3 Å². The van der Waals surface area contributed by atoms with E-state index in [0.717, 1.165) is 22.1 Å². The number of aryl methyl sites for hydroxylation is 1. The number of hydrogen-bond acceptors (Lipinski definition) is 5. The van der Waals surface area contributed by atoms with Gasteiger partial charge in [-0.05, 0) is 34.4 Å². The molecule has 1 aliphatic rings. The molecule has 0 aliphatic carbocycles. The third-order valence-electron chi connectivity index (χ3n) is 2.35. The molecule has 15 heavy (non-hydrogen) atoms. The zero-order chi connectivity index (χ0) is 10.4. The van der Waals surface area contributed by atoms with Crippen molar-refractivity contribution in [3.8, 4) is 5.75 Å². The van der Waals surface area contributed by atoms with Crippen LogP contribution >= 0.6 is 27.5 Å². The van der Waals surface area contributed by atoms with Crippen LogP contribution < -0.4 is 4.74 Å². The van der Waals surface area contributed by atoms with E-state index in [0.29, 0.717) is 11.3 Å². The van der Waals surface area contributed by atoms with Gasteiger partial charge in [-0.25, -0.2) is 4.98 Å². The summed E-state index contributed by atoms with van der Waals surface area (Å²) in [6, 6.07) is 0. The smallest absolute Gasteiger partial charge is 0.211 e. The monoisotopic (exact) mass is 286 g/mol. The normalized spacial score (nSPS) is 18.9. The average molecular weight is 287 g/mol. The predicted molar refractivity (Wildman–Crippen MR) is 58.4 cm³/mol. The first-order valence-electron chi connectivity index (χ1n) is 4.45. The minimum absolute atomic E-state index is 0.111. The second-order valence-corrected chi connectivity index (χ2v) is 5.01. The molecule has 78 valence electrons. The molecule has 0 radical (unpaired) electrons. The van der Waals surface area contributed by atoms with Crippen LogP contribution in [0, 0.1) is 6.92 Å². The number of furan rings is 1. The van der Waals surface area contributed by atoms with Gasteiger partial charge in [-0.1, -0.05) is 0 Å². The molecule has 0 spiro atoms. The topological polar surface area (TPSA) is 48.2 Å². The van der Waals surface area contributed by atoms with E-state index < -0.39 is 0 Å². The van der Waals surface area contributed by atoms with Crippen molar-refractivity contribution < 1.29 is 9.15 Å². The second kappa shape index (κ2) is 3.31. The fraction of sp³-hybridized carbons (Fsp3) is 0.333. The lowest BCUT2D eigenvalue weighted by molar-refractivity contribution is 0.325. The summed E-state index contributed by atoms with van der Waals surface area (Å²) >= 11 is 4.71. The molecule has 4 nitrogen and oxygen atoms in total. The summed E-state index contributed by atoms with van der Waals surface area (Å²) in [6.07, 6.45) is 1.70. The number of rotatable bonds is 1. The number of nitrogens with zero attached hydrogens (tertiary/aromatic N) is 2. The van der Waals surface area contributed by atoms with Gasteiger partial charge in [0, 0.05) is 5.56 Å². The third-order valence-corrected chi connectivity index (χ3v) is 3.54. The molecular weight excluding hydrogens is 280 g/mol. The summed E-state index contributed by atoms with van der Waals surface area (Å²) in [5, 5.41) is 0.973. The Balaban J connectivity index is 2.03. The number of ether oxygens (including phenoxy) is 1. The maximum absolute atomic E-state index is 5.53. The number of hydrogen-bond donors (Lipinski definition) is 0. The minimum atomic E-state index is 0.111. The molecule has 0 amide bonds. The van der Waals surface area contributed by atoms with Gasteiger partial charge in [0.05, 0.1) is 12.2 Å². The fourth-order valence-electron chi connectivity index (χ4n) is 1.64. The summed E-state index contributed by atoms with van der Waals surface area (Å²) in [5.41, 5.74) is 1.03. The van der Waals surface area contributed by atoms with Crippen molar-refractivity contribution in [1.29, 1.82) is 0 Å². The van der Waals surface area contributed by atoms with Gasteiger partial charge >= 0.3 is 0 Å². The van der Waals surface area contributed by atoms with Crippen molar-refractivity contribution >= 4 is 27.5 Å². The Bertz CT molecular complexity index is 508. The summed E-state index contributed by atoms with van der Waals surface area (Å²) in [5.74, 6) is 1.72. The molecular formula is C9H7BrN2O2S. The lowest BCUT2D eigenvalue weighted by Crippen LogP contribution is -2.04. The Morgan fingerprint density at radius 3 is 3.20 bits per heavy atom. The van der Waals surface area contributed by atoms with Gasteiger partial charge in [0.25, 0.3) is 0 Å². The van der Waals surface area contributed by atoms with E-state index in [-0.39, 0.29) is 5.92 Å². The van der Waals surface area contributed by atoms with Crippen molar-refractivity contribution in [2.24, 2.45) is 0 Å². The zero-order valence-electron chi connectivity index (χ0n) is 7.86. The summed E-state index contributed by atoms with van der Waals surface area (Å²) in [4.78, 5) is 4.37. The van der Waals surface area contributed by atoms with Gasteiger partial charge < -0.3 is 9.15 Å². The van der Waals surface area contributed by atoms with E-state index >= 15 is 0 Å². The van der Waals surface area contributed by atoms with Crippen LogP contribution in [0.25, 0.3) is 0 Å². The lowest BCUT2D eigenvalue weighted by Gasteiger charge is -2.00. The van der Waals surface area contributed by atoms with Gasteiger partial charge in [-0.3, -0.25) is 0 Å². The number of halogens is 1. The van der Waals surface area contributed by atoms with Gasteiger partial charge in [0.2, 0.25) is 4.67 Å². The first-order valence-corrected chi connectivity index (χ1v) is 6.02. The highest BCUT2D eigenvalue weighted by Crippen LogP contribution is 2.43. The molecule has 2 aromatic rings. The fourth-order valence-corrected chi connectivity index (χ4v) is 2.61. The number of aromatic nitrogens is 2. The molecule has 1 aliphatic heterocycles. The highest BCUT2D eigenvalue weighted by Gasteiger charge is 2.32. The molecule has 0 aromatic carbocycles. The predicted octanol–water partition coefficient (Wildman–Crippen LogP) is 2.73. The SMILES string of the molecule is Cc1nc(C2COc3c2coc3Br)ns1. The third kappa shape index (κ3) is 1.39. The van der Waals surface area contributed by atoms with Crippen molar-refractivity contribution in [2.75, 3.05) is 6.61 Å². The Morgan fingerprint density at radius 1 is 1.60 bits per heavy atom. The Hall–Kier alpha value is -0.880. The van der Waals surface area contributed by atoms with E-state index in [2.05, 4.69) is 25.3 Å². The molecule has 0 saturated heterocycles. The largest absolute Gasteiger partial charge is 0.488 e. The van der Waals surface area contributed by atoms with Gasteiger partial charge in [0.15, 0.2) is 11.6 Å². The quantitative estimate of drug-likeness (QED) is 0.809. The van der Waals surface area contributed by atoms with Crippen LogP contribution in [0.1, 0.15) is 22.3 Å². The molecule has 0 saturated carbocycles. The minimum Gasteiger partial charge on any atom is -0.488 e. The second-order valence-electron chi connectivity index (χ2n) is 3.33. The molecule has 3 rings (SSSR count). The molecule has 0 N–H and O–H groups in total. The standard InChI is InChI=1S/C9H7BrN2O2S/c1-4-11-9(12-15-4)6-3-13-7-5(6)2-14-8(7)10/h2,6H,3H2,1H3. The zero-order valence-corrected chi connectivity index (χ0v) is 10.3. The van der Waals surface area contributed by atoms with Gasteiger partial charge in [-0.2, -0.15) is 4.37 Å². The molecule has 2 aromatic heterocycles. The summed E-state index contributed by atoms with van der Waals surface area (Å²) in [7, 11) is 0. The van der Waals surface area contributed by atoms with Crippen LogP contribution in [-0.2, 0) is 0 Å². The maximum atomic E-state index is 5.53. The van der Waals surface area contributed by atoms with Crippen LogP contribution in [0.5, 0.6) is 5.75 Å². The van der Waals surface area contributed by atoms with Gasteiger partial charge in [0.1, 0.15) is 11.6 Å². The average Bonchev–Trinajstić information content (AvgIpc) is 2.84. The van der Waals surface area contributed by atoms with E-state index in [4.69, 9.17) is 9.15 Å². The van der Waals surface area contributed by atoms with Gasteiger partial charge in [-0.15, -0.1) is 0 Å². The van der Waals surface area contributed by atoms with E-state index in [1.807, 2.05) is 6.92 Å². The van der Waals surface area contributed by atoms with E-state index in [9.17, 15) is 0 Å². The van der Waals surface area contributed by atoms with Crippen LogP contribution in [0.2, 0.25) is 0 Å². The van der Waals surface area contributed by atoms with Crippen LogP contribution in [0.4, 0.5) is 0 Å². The summed E-state index contributed by atoms with van der Waals surface area (Å²) < 4.78 is 15.7. The highest BCUT2D eigenvalue weighted by molar-refractivity contribution is 9.10. The molecule has 0 fully saturated rings. The van der Waals surface area contributed by atoms with Crippen molar-refractivity contribution in [3.05, 3.63) is 27.3 Å². The Labute approximate surface area is 98.6 Å². The maximum Gasteiger partial charge on any atom is 0.211 e. The van der Waals surface area contributed by atoms with Crippen LogP contribution in [0.3, 0.4) is 0 Å². The molecule has 0 bridgehead atoms. The lowest BCUT2D eigenvalue weighted by atomic mass is 10.0. The van der Waals surface area contributed by atoms with Crippen LogP contribution in [-0.4, -0.2) is 16.0 Å². The molecule has 1 unspecified atom stereocenters. The Morgan fingerprint density at radius 2 is 2.47 bits per heavy atom. The van der Waals surface area contributed by atoms with Crippen molar-refractivity contribution in [3.63, 3.8) is 0 Å². The van der Waals surface area contributed by atoms with Crippen molar-refractivity contribution in [1.82, 2.24) is 9.36 Å².